The minimum Gasteiger partial charge on any atom is -0.459 e. The van der Waals surface area contributed by atoms with Gasteiger partial charge >= 0.3 is 0 Å². The summed E-state index contributed by atoms with van der Waals surface area (Å²) in [6.45, 7) is 0.0255. The van der Waals surface area contributed by atoms with Crippen LogP contribution in [0.3, 0.4) is 0 Å². The molecule has 132 valence electrons. The van der Waals surface area contributed by atoms with Crippen LogP contribution in [0.5, 0.6) is 0 Å². The van der Waals surface area contributed by atoms with Crippen molar-refractivity contribution in [1.82, 2.24) is 15.5 Å². The summed E-state index contributed by atoms with van der Waals surface area (Å²) in [4.78, 5) is 28.4. The van der Waals surface area contributed by atoms with Crippen LogP contribution in [0.25, 0.3) is 11.7 Å². The van der Waals surface area contributed by atoms with E-state index in [1.54, 1.807) is 12.1 Å². The van der Waals surface area contributed by atoms with Gasteiger partial charge in [-0.15, -0.1) is 0 Å². The van der Waals surface area contributed by atoms with Gasteiger partial charge in [0.15, 0.2) is 11.6 Å². The van der Waals surface area contributed by atoms with E-state index < -0.39 is 11.7 Å². The number of nitrogens with one attached hydrogen (secondary N) is 2. The topological polar surface area (TPSA) is 110 Å². The Hall–Kier alpha value is -3.49. The SMILES string of the molecule is O=C1CC(C(=O)NCc2noc(-c3ccco3)n2)c2ccc(F)cc2N1. The summed E-state index contributed by atoms with van der Waals surface area (Å²) in [7, 11) is 0. The van der Waals surface area contributed by atoms with Crippen molar-refractivity contribution in [3.05, 3.63) is 53.8 Å². The number of rotatable bonds is 4. The minimum atomic E-state index is -0.712. The van der Waals surface area contributed by atoms with Gasteiger partial charge in [0.1, 0.15) is 5.82 Å². The van der Waals surface area contributed by atoms with Crippen molar-refractivity contribution in [2.24, 2.45) is 0 Å². The highest BCUT2D eigenvalue weighted by molar-refractivity contribution is 6.01. The van der Waals surface area contributed by atoms with E-state index in [4.69, 9.17) is 8.94 Å². The second kappa shape index (κ2) is 6.43. The van der Waals surface area contributed by atoms with E-state index in [9.17, 15) is 14.0 Å². The van der Waals surface area contributed by atoms with E-state index in [1.165, 1.54) is 24.5 Å². The van der Waals surface area contributed by atoms with Gasteiger partial charge in [0, 0.05) is 12.1 Å². The molecule has 8 nitrogen and oxygen atoms in total. The molecule has 1 aliphatic heterocycles. The number of nitrogens with zero attached hydrogens (tertiary/aromatic N) is 2. The smallest absolute Gasteiger partial charge is 0.293 e. The number of aromatic nitrogens is 2. The van der Waals surface area contributed by atoms with E-state index in [0.717, 1.165) is 0 Å². The van der Waals surface area contributed by atoms with Crippen LogP contribution in [0.2, 0.25) is 0 Å². The largest absolute Gasteiger partial charge is 0.459 e. The second-order valence-corrected chi connectivity index (χ2v) is 5.75. The lowest BCUT2D eigenvalue weighted by atomic mass is 9.89. The summed E-state index contributed by atoms with van der Waals surface area (Å²) < 4.78 is 23.6. The van der Waals surface area contributed by atoms with E-state index in [1.807, 2.05) is 0 Å². The number of hydrogen-bond donors (Lipinski definition) is 2. The standard InChI is InChI=1S/C17H13FN4O4/c18-9-3-4-10-11(7-15(23)20-12(10)6-9)16(24)19-8-14-21-17(26-22-14)13-2-1-5-25-13/h1-6,11H,7-8H2,(H,19,24)(H,20,23). The van der Waals surface area contributed by atoms with Gasteiger partial charge in [0.25, 0.3) is 5.89 Å². The molecule has 0 saturated carbocycles. The van der Waals surface area contributed by atoms with Gasteiger partial charge in [0.05, 0.1) is 18.7 Å². The number of carbonyl (C=O) groups is 2. The fourth-order valence-corrected chi connectivity index (χ4v) is 2.79. The first kappa shape index (κ1) is 16.0. The Balaban J connectivity index is 1.46. The van der Waals surface area contributed by atoms with E-state index in [-0.39, 0.29) is 36.5 Å². The molecular weight excluding hydrogens is 343 g/mol. The van der Waals surface area contributed by atoms with Crippen molar-refractivity contribution in [2.45, 2.75) is 18.9 Å². The molecule has 0 saturated heterocycles. The molecule has 0 spiro atoms. The molecule has 0 bridgehead atoms. The van der Waals surface area contributed by atoms with Crippen LogP contribution in [0.1, 0.15) is 23.7 Å². The summed E-state index contributed by atoms with van der Waals surface area (Å²) in [6, 6.07) is 7.31. The average molecular weight is 356 g/mol. The van der Waals surface area contributed by atoms with Crippen LogP contribution in [0.15, 0.2) is 45.5 Å². The third kappa shape index (κ3) is 3.06. The molecule has 26 heavy (non-hydrogen) atoms. The van der Waals surface area contributed by atoms with E-state index in [0.29, 0.717) is 17.0 Å². The molecule has 2 amide bonds. The van der Waals surface area contributed by atoms with Crippen molar-refractivity contribution < 1.29 is 22.9 Å². The van der Waals surface area contributed by atoms with Gasteiger partial charge in [-0.1, -0.05) is 11.2 Å². The summed E-state index contributed by atoms with van der Waals surface area (Å²) in [5.74, 6) is -1.02. The number of furan rings is 1. The lowest BCUT2D eigenvalue weighted by molar-refractivity contribution is -0.126. The van der Waals surface area contributed by atoms with Crippen molar-refractivity contribution in [1.29, 1.82) is 0 Å². The lowest BCUT2D eigenvalue weighted by Gasteiger charge is -2.24. The molecule has 1 aromatic carbocycles. The molecule has 2 N–H and O–H groups in total. The van der Waals surface area contributed by atoms with Crippen LogP contribution < -0.4 is 10.6 Å². The van der Waals surface area contributed by atoms with Gasteiger partial charge < -0.3 is 19.6 Å². The number of benzene rings is 1. The maximum absolute atomic E-state index is 13.4. The molecular formula is C17H13FN4O4. The highest BCUT2D eigenvalue weighted by atomic mass is 19.1. The van der Waals surface area contributed by atoms with Crippen LogP contribution in [-0.4, -0.2) is 22.0 Å². The van der Waals surface area contributed by atoms with Crippen molar-refractivity contribution in [3.8, 4) is 11.7 Å². The zero-order valence-corrected chi connectivity index (χ0v) is 13.4. The zero-order chi connectivity index (χ0) is 18.1. The molecule has 2 aromatic heterocycles. The van der Waals surface area contributed by atoms with Crippen LogP contribution in [0, 0.1) is 5.82 Å². The predicted molar refractivity (Wildman–Crippen MR) is 86.2 cm³/mol. The van der Waals surface area contributed by atoms with Crippen molar-refractivity contribution in [3.63, 3.8) is 0 Å². The Morgan fingerprint density at radius 1 is 1.38 bits per heavy atom. The first-order chi connectivity index (χ1) is 12.6. The van der Waals surface area contributed by atoms with Crippen LogP contribution >= 0.6 is 0 Å². The maximum Gasteiger partial charge on any atom is 0.293 e. The Morgan fingerprint density at radius 3 is 3.08 bits per heavy atom. The second-order valence-electron chi connectivity index (χ2n) is 5.75. The first-order valence-corrected chi connectivity index (χ1v) is 7.83. The number of fused-ring (bicyclic) bond motifs is 1. The molecule has 4 rings (SSSR count). The van der Waals surface area contributed by atoms with Gasteiger partial charge in [0.2, 0.25) is 11.8 Å². The van der Waals surface area contributed by atoms with Gasteiger partial charge in [-0.2, -0.15) is 4.98 Å². The highest BCUT2D eigenvalue weighted by Crippen LogP contribution is 2.32. The zero-order valence-electron chi connectivity index (χ0n) is 13.4. The Kier molecular flexibility index (Phi) is 3.96. The number of amides is 2. The van der Waals surface area contributed by atoms with Crippen molar-refractivity contribution in [2.75, 3.05) is 5.32 Å². The first-order valence-electron chi connectivity index (χ1n) is 7.83. The number of halogens is 1. The van der Waals surface area contributed by atoms with Gasteiger partial charge in [-0.3, -0.25) is 9.59 Å². The third-order valence-corrected chi connectivity index (χ3v) is 3.99. The quantitative estimate of drug-likeness (QED) is 0.742. The van der Waals surface area contributed by atoms with Gasteiger partial charge in [-0.25, -0.2) is 4.39 Å². The number of anilines is 1. The summed E-state index contributed by atoms with van der Waals surface area (Å²) >= 11 is 0. The number of hydrogen-bond acceptors (Lipinski definition) is 6. The monoisotopic (exact) mass is 356 g/mol. The van der Waals surface area contributed by atoms with Crippen LogP contribution in [0.4, 0.5) is 10.1 Å². The summed E-state index contributed by atoms with van der Waals surface area (Å²) in [5, 5.41) is 9.01. The third-order valence-electron chi connectivity index (χ3n) is 3.99. The molecule has 0 fully saturated rings. The molecule has 1 unspecified atom stereocenters. The molecule has 1 atom stereocenters. The highest BCUT2D eigenvalue weighted by Gasteiger charge is 2.31. The predicted octanol–water partition coefficient (Wildman–Crippen LogP) is 2.21. The molecule has 3 heterocycles. The Bertz CT molecular complexity index is 967. The van der Waals surface area contributed by atoms with Gasteiger partial charge in [-0.05, 0) is 29.8 Å². The maximum atomic E-state index is 13.4. The van der Waals surface area contributed by atoms with E-state index in [2.05, 4.69) is 20.8 Å². The fourth-order valence-electron chi connectivity index (χ4n) is 2.79. The van der Waals surface area contributed by atoms with Crippen molar-refractivity contribution >= 4 is 17.5 Å². The molecule has 0 aliphatic carbocycles. The Morgan fingerprint density at radius 2 is 2.27 bits per heavy atom. The van der Waals surface area contributed by atoms with E-state index >= 15 is 0 Å². The number of carbonyl (C=O) groups excluding carboxylic acids is 2. The molecule has 0 radical (unpaired) electrons. The molecule has 9 heteroatoms. The Labute approximate surface area is 146 Å². The lowest BCUT2D eigenvalue weighted by Crippen LogP contribution is -2.35. The minimum absolute atomic E-state index is 0.0195. The fraction of sp³-hybridized carbons (Fsp3) is 0.176. The normalized spacial score (nSPS) is 16.0. The molecule has 3 aromatic rings. The average Bonchev–Trinajstić information content (AvgIpc) is 3.29. The van der Waals surface area contributed by atoms with Crippen LogP contribution in [-0.2, 0) is 16.1 Å². The summed E-state index contributed by atoms with van der Waals surface area (Å²) in [6.07, 6.45) is 1.46. The molecule has 1 aliphatic rings. The summed E-state index contributed by atoms with van der Waals surface area (Å²) in [5.41, 5.74) is 0.869.